The van der Waals surface area contributed by atoms with Crippen LogP contribution in [0.3, 0.4) is 0 Å². The van der Waals surface area contributed by atoms with Crippen molar-refractivity contribution < 1.29 is 37.3 Å². The van der Waals surface area contributed by atoms with Crippen molar-refractivity contribution in [2.45, 2.75) is 18.8 Å². The second-order valence-corrected chi connectivity index (χ2v) is 7.28. The third-order valence-corrected chi connectivity index (χ3v) is 4.62. The molecule has 1 amide bonds. The second-order valence-electron chi connectivity index (χ2n) is 6.84. The average Bonchev–Trinajstić information content (AvgIpc) is 2.75. The molecule has 0 radical (unpaired) electrons. The van der Waals surface area contributed by atoms with Gasteiger partial charge in [-0.15, -0.1) is 13.2 Å². The summed E-state index contributed by atoms with van der Waals surface area (Å²) in [7, 11) is 0. The fourth-order valence-corrected chi connectivity index (χ4v) is 2.94. The van der Waals surface area contributed by atoms with Crippen molar-refractivity contribution in [3.63, 3.8) is 0 Å². The predicted molar refractivity (Wildman–Crippen MR) is 114 cm³/mol. The summed E-state index contributed by atoms with van der Waals surface area (Å²) in [6, 6.07) is 16.2. The molecule has 0 spiro atoms. The highest BCUT2D eigenvalue weighted by Gasteiger charge is 2.31. The lowest BCUT2D eigenvalue weighted by atomic mass is 10.1. The molecule has 172 valence electrons. The molecule has 1 atom stereocenters. The fourth-order valence-electron chi connectivity index (χ4n) is 2.82. The third-order valence-electron chi connectivity index (χ3n) is 4.37. The van der Waals surface area contributed by atoms with E-state index in [1.165, 1.54) is 24.3 Å². The third kappa shape index (κ3) is 7.43. The van der Waals surface area contributed by atoms with E-state index in [-0.39, 0.29) is 12.0 Å². The number of halogens is 4. The molecule has 1 unspecified atom stereocenters. The maximum absolute atomic E-state index is 12.5. The zero-order valence-electron chi connectivity index (χ0n) is 16.8. The number of carboxylic acid groups (broad SMARTS) is 1. The largest absolute Gasteiger partial charge is 0.573 e. The summed E-state index contributed by atoms with van der Waals surface area (Å²) in [4.78, 5) is 24.1. The maximum atomic E-state index is 12.5. The van der Waals surface area contributed by atoms with Gasteiger partial charge in [0.15, 0.2) is 0 Å². The number of nitrogens with one attached hydrogen (secondary N) is 1. The number of aliphatic carboxylic acids is 1. The molecule has 3 aromatic rings. The molecule has 3 aromatic carbocycles. The SMILES string of the molecule is O=C(NC(Cc1ccc(OC(F)(F)F)cc1)C(=O)O)c1ccc(Oc2ccc(Cl)cc2)cc1. The average molecular weight is 480 g/mol. The number of alkyl halides is 3. The summed E-state index contributed by atoms with van der Waals surface area (Å²) >= 11 is 5.83. The molecule has 2 N–H and O–H groups in total. The van der Waals surface area contributed by atoms with Gasteiger partial charge in [0.05, 0.1) is 0 Å². The van der Waals surface area contributed by atoms with E-state index in [2.05, 4.69) is 10.1 Å². The Morgan fingerprint density at radius 3 is 1.91 bits per heavy atom. The summed E-state index contributed by atoms with van der Waals surface area (Å²) in [5, 5.41) is 12.4. The van der Waals surface area contributed by atoms with Crippen molar-refractivity contribution in [3.8, 4) is 17.2 Å². The smallest absolute Gasteiger partial charge is 0.480 e. The minimum atomic E-state index is -4.82. The number of hydrogen-bond acceptors (Lipinski definition) is 4. The summed E-state index contributed by atoms with van der Waals surface area (Å²) in [6.07, 6.45) is -4.96. The molecular formula is C23H17ClF3NO5. The second kappa shape index (κ2) is 10.3. The van der Waals surface area contributed by atoms with Gasteiger partial charge in [-0.05, 0) is 66.2 Å². The highest BCUT2D eigenvalue weighted by atomic mass is 35.5. The summed E-state index contributed by atoms with van der Waals surface area (Å²) < 4.78 is 46.2. The van der Waals surface area contributed by atoms with Gasteiger partial charge in [-0.3, -0.25) is 4.79 Å². The molecule has 33 heavy (non-hydrogen) atoms. The highest BCUT2D eigenvalue weighted by Crippen LogP contribution is 2.24. The minimum Gasteiger partial charge on any atom is -0.480 e. The van der Waals surface area contributed by atoms with Crippen LogP contribution >= 0.6 is 11.6 Å². The van der Waals surface area contributed by atoms with Gasteiger partial charge >= 0.3 is 12.3 Å². The topological polar surface area (TPSA) is 84.9 Å². The minimum absolute atomic E-state index is 0.134. The molecule has 0 aromatic heterocycles. The molecule has 0 saturated carbocycles. The van der Waals surface area contributed by atoms with E-state index >= 15 is 0 Å². The number of carboxylic acids is 1. The monoisotopic (exact) mass is 479 g/mol. The predicted octanol–water partition coefficient (Wildman–Crippen LogP) is 5.46. The van der Waals surface area contributed by atoms with E-state index in [1.54, 1.807) is 36.4 Å². The van der Waals surface area contributed by atoms with E-state index in [0.717, 1.165) is 12.1 Å². The van der Waals surface area contributed by atoms with E-state index in [4.69, 9.17) is 16.3 Å². The molecule has 0 aliphatic carbocycles. The lowest BCUT2D eigenvalue weighted by molar-refractivity contribution is -0.274. The molecule has 0 aliphatic rings. The molecule has 0 heterocycles. The molecule has 6 nitrogen and oxygen atoms in total. The zero-order valence-corrected chi connectivity index (χ0v) is 17.6. The van der Waals surface area contributed by atoms with E-state index in [1.807, 2.05) is 0 Å². The molecule has 0 saturated heterocycles. The molecule has 0 fully saturated rings. The fraction of sp³-hybridized carbons (Fsp3) is 0.130. The van der Waals surface area contributed by atoms with E-state index < -0.39 is 30.0 Å². The number of ether oxygens (including phenoxy) is 2. The van der Waals surface area contributed by atoms with Crippen LogP contribution in [0.1, 0.15) is 15.9 Å². The van der Waals surface area contributed by atoms with Crippen LogP contribution in [0.4, 0.5) is 13.2 Å². The van der Waals surface area contributed by atoms with Crippen LogP contribution < -0.4 is 14.8 Å². The van der Waals surface area contributed by atoms with Gasteiger partial charge in [-0.2, -0.15) is 0 Å². The van der Waals surface area contributed by atoms with Crippen molar-refractivity contribution in [2.24, 2.45) is 0 Å². The Bertz CT molecular complexity index is 1100. The lowest BCUT2D eigenvalue weighted by Crippen LogP contribution is -2.42. The quantitative estimate of drug-likeness (QED) is 0.448. The standard InChI is InChI=1S/C23H17ClF3NO5/c24-16-5-11-18(12-6-16)32-17-9-3-15(4-10-17)21(29)28-20(22(30)31)13-14-1-7-19(8-2-14)33-23(25,26)27/h1-12,20H,13H2,(H,28,29)(H,30,31). The molecule has 0 aliphatic heterocycles. The van der Waals surface area contributed by atoms with Crippen molar-refractivity contribution in [3.05, 3.63) is 88.9 Å². The van der Waals surface area contributed by atoms with Gasteiger partial charge in [0.1, 0.15) is 23.3 Å². The number of hydrogen-bond donors (Lipinski definition) is 2. The van der Waals surface area contributed by atoms with Crippen molar-refractivity contribution in [2.75, 3.05) is 0 Å². The molecule has 0 bridgehead atoms. The van der Waals surface area contributed by atoms with Crippen LogP contribution in [-0.4, -0.2) is 29.4 Å². The van der Waals surface area contributed by atoms with E-state index in [0.29, 0.717) is 22.1 Å². The van der Waals surface area contributed by atoms with Gasteiger partial charge in [0.25, 0.3) is 5.91 Å². The number of rotatable bonds is 8. The first kappa shape index (κ1) is 23.9. The molecular weight excluding hydrogens is 463 g/mol. The first-order valence-corrected chi connectivity index (χ1v) is 9.89. The Morgan fingerprint density at radius 2 is 1.39 bits per heavy atom. The Kier molecular flexibility index (Phi) is 7.44. The van der Waals surface area contributed by atoms with Gasteiger partial charge in [0.2, 0.25) is 0 Å². The number of carbonyl (C=O) groups excluding carboxylic acids is 1. The van der Waals surface area contributed by atoms with Crippen LogP contribution in [0.15, 0.2) is 72.8 Å². The first-order valence-electron chi connectivity index (χ1n) is 9.51. The van der Waals surface area contributed by atoms with Gasteiger partial charge in [-0.1, -0.05) is 23.7 Å². The highest BCUT2D eigenvalue weighted by molar-refractivity contribution is 6.30. The normalized spacial score (nSPS) is 12.0. The van der Waals surface area contributed by atoms with Crippen LogP contribution in [0.2, 0.25) is 5.02 Å². The number of carbonyl (C=O) groups is 2. The van der Waals surface area contributed by atoms with Crippen LogP contribution in [0.25, 0.3) is 0 Å². The Balaban J connectivity index is 1.61. The summed E-state index contributed by atoms with van der Waals surface area (Å²) in [6.45, 7) is 0. The van der Waals surface area contributed by atoms with Crippen LogP contribution in [-0.2, 0) is 11.2 Å². The maximum Gasteiger partial charge on any atom is 0.573 e. The van der Waals surface area contributed by atoms with Crippen LogP contribution in [0, 0.1) is 0 Å². The summed E-state index contributed by atoms with van der Waals surface area (Å²) in [5.41, 5.74) is 0.613. The zero-order chi connectivity index (χ0) is 24.0. The number of amides is 1. The first-order chi connectivity index (χ1) is 15.6. The Hall–Kier alpha value is -3.72. The number of benzene rings is 3. The van der Waals surface area contributed by atoms with Crippen molar-refractivity contribution >= 4 is 23.5 Å². The molecule has 3 rings (SSSR count). The van der Waals surface area contributed by atoms with Gasteiger partial charge in [-0.25, -0.2) is 4.79 Å². The van der Waals surface area contributed by atoms with Gasteiger partial charge < -0.3 is 19.9 Å². The van der Waals surface area contributed by atoms with Crippen molar-refractivity contribution in [1.29, 1.82) is 0 Å². The Morgan fingerprint density at radius 1 is 0.879 bits per heavy atom. The van der Waals surface area contributed by atoms with Crippen LogP contribution in [0.5, 0.6) is 17.2 Å². The Labute approximate surface area is 191 Å². The lowest BCUT2D eigenvalue weighted by Gasteiger charge is -2.15. The van der Waals surface area contributed by atoms with Gasteiger partial charge in [0, 0.05) is 17.0 Å². The summed E-state index contributed by atoms with van der Waals surface area (Å²) in [5.74, 6) is -1.33. The van der Waals surface area contributed by atoms with E-state index in [9.17, 15) is 27.9 Å². The molecule has 10 heteroatoms. The van der Waals surface area contributed by atoms with Crippen molar-refractivity contribution in [1.82, 2.24) is 5.32 Å².